The molecule has 120 valence electrons. The zero-order valence-corrected chi connectivity index (χ0v) is 13.6. The van der Waals surface area contributed by atoms with Crippen LogP contribution < -0.4 is 5.32 Å². The van der Waals surface area contributed by atoms with Crippen LogP contribution >= 0.6 is 0 Å². The molecule has 0 aromatic heterocycles. The molecule has 0 aliphatic carbocycles. The smallest absolute Gasteiger partial charge is 0.111 e. The molecule has 20 heavy (non-hydrogen) atoms. The maximum absolute atomic E-state index is 5.59. The minimum atomic E-state index is 0.0807. The minimum absolute atomic E-state index is 0.0807. The normalized spacial score (nSPS) is 32.5. The van der Waals surface area contributed by atoms with Crippen LogP contribution in [0.1, 0.15) is 19.3 Å². The molecule has 0 spiro atoms. The van der Waals surface area contributed by atoms with Gasteiger partial charge in [-0.1, -0.05) is 0 Å². The number of ether oxygens (including phenoxy) is 3. The van der Waals surface area contributed by atoms with E-state index in [1.807, 2.05) is 0 Å². The third kappa shape index (κ3) is 5.63. The second kappa shape index (κ2) is 9.65. The van der Waals surface area contributed by atoms with E-state index in [1.165, 1.54) is 0 Å². The second-order valence-corrected chi connectivity index (χ2v) is 5.39. The van der Waals surface area contributed by atoms with Gasteiger partial charge in [0.25, 0.3) is 0 Å². The van der Waals surface area contributed by atoms with E-state index in [0.717, 1.165) is 38.9 Å². The van der Waals surface area contributed by atoms with Crippen LogP contribution in [-0.2, 0) is 14.2 Å². The van der Waals surface area contributed by atoms with E-state index >= 15 is 0 Å². The molecule has 1 rings (SSSR count). The Hall–Kier alpha value is -0.240. The van der Waals surface area contributed by atoms with E-state index < -0.39 is 0 Å². The Bertz CT molecular complexity index is 256. The molecule has 6 nitrogen and oxygen atoms in total. The average Bonchev–Trinajstić information content (AvgIpc) is 2.45. The molecule has 1 N–H and O–H groups in total. The summed E-state index contributed by atoms with van der Waals surface area (Å²) in [5, 5.41) is 3.43. The van der Waals surface area contributed by atoms with Gasteiger partial charge in [-0.3, -0.25) is 15.1 Å². The molecule has 0 aromatic rings. The van der Waals surface area contributed by atoms with Gasteiger partial charge < -0.3 is 14.2 Å². The van der Waals surface area contributed by atoms with Crippen molar-refractivity contribution in [2.45, 2.75) is 37.9 Å². The number of rotatable bonds is 3. The molecule has 1 aliphatic heterocycles. The summed E-state index contributed by atoms with van der Waals surface area (Å²) in [5.74, 6) is 0. The maximum atomic E-state index is 5.59. The van der Waals surface area contributed by atoms with Crippen LogP contribution in [-0.4, -0.2) is 83.5 Å². The van der Waals surface area contributed by atoms with E-state index in [2.05, 4.69) is 29.2 Å². The highest BCUT2D eigenvalue weighted by Gasteiger charge is 2.21. The van der Waals surface area contributed by atoms with Crippen molar-refractivity contribution in [3.05, 3.63) is 0 Å². The van der Waals surface area contributed by atoms with E-state index in [9.17, 15) is 0 Å². The number of nitrogens with zero attached hydrogens (tertiary/aromatic N) is 2. The first-order valence-electron chi connectivity index (χ1n) is 7.34. The van der Waals surface area contributed by atoms with Crippen LogP contribution in [0.5, 0.6) is 0 Å². The first kappa shape index (κ1) is 17.8. The molecular formula is C14H31N3O3. The fourth-order valence-corrected chi connectivity index (χ4v) is 2.63. The highest BCUT2D eigenvalue weighted by Crippen LogP contribution is 2.11. The van der Waals surface area contributed by atoms with Gasteiger partial charge in [0.1, 0.15) is 18.7 Å². The minimum Gasteiger partial charge on any atom is -0.367 e. The Balaban J connectivity index is 2.66. The molecule has 0 amide bonds. The topological polar surface area (TPSA) is 46.2 Å². The van der Waals surface area contributed by atoms with Gasteiger partial charge in [-0.2, -0.15) is 0 Å². The lowest BCUT2D eigenvalue weighted by molar-refractivity contribution is -0.0645. The predicted molar refractivity (Wildman–Crippen MR) is 79.5 cm³/mol. The van der Waals surface area contributed by atoms with Crippen LogP contribution in [0.2, 0.25) is 0 Å². The van der Waals surface area contributed by atoms with Crippen molar-refractivity contribution in [3.8, 4) is 0 Å². The molecule has 3 atom stereocenters. The second-order valence-electron chi connectivity index (χ2n) is 5.39. The van der Waals surface area contributed by atoms with Gasteiger partial charge in [0.15, 0.2) is 0 Å². The summed E-state index contributed by atoms with van der Waals surface area (Å²) in [6.07, 6.45) is 3.20. The van der Waals surface area contributed by atoms with Crippen LogP contribution in [0, 0.1) is 0 Å². The molecule has 1 fully saturated rings. The number of nitrogens with one attached hydrogen (secondary N) is 1. The third-order valence-corrected chi connectivity index (χ3v) is 4.05. The van der Waals surface area contributed by atoms with E-state index in [-0.39, 0.29) is 18.7 Å². The van der Waals surface area contributed by atoms with Crippen LogP contribution in [0.4, 0.5) is 0 Å². The van der Waals surface area contributed by atoms with Crippen LogP contribution in [0.25, 0.3) is 0 Å². The Morgan fingerprint density at radius 3 is 1.90 bits per heavy atom. The number of hydrogen-bond donors (Lipinski definition) is 1. The quantitative estimate of drug-likeness (QED) is 0.818. The zero-order valence-electron chi connectivity index (χ0n) is 13.6. The number of methoxy groups -OCH3 is 3. The molecule has 3 unspecified atom stereocenters. The van der Waals surface area contributed by atoms with Crippen molar-refractivity contribution in [2.75, 3.05) is 55.1 Å². The zero-order chi connectivity index (χ0) is 15.0. The molecular weight excluding hydrogens is 258 g/mol. The van der Waals surface area contributed by atoms with E-state index in [1.54, 1.807) is 21.3 Å². The van der Waals surface area contributed by atoms with Crippen molar-refractivity contribution in [1.29, 1.82) is 0 Å². The van der Waals surface area contributed by atoms with Gasteiger partial charge in [0, 0.05) is 41.0 Å². The van der Waals surface area contributed by atoms with Gasteiger partial charge in [-0.25, -0.2) is 0 Å². The number of hydrogen-bond acceptors (Lipinski definition) is 6. The molecule has 1 heterocycles. The molecule has 0 aromatic carbocycles. The highest BCUT2D eigenvalue weighted by molar-refractivity contribution is 4.69. The Labute approximate surface area is 123 Å². The molecule has 0 bridgehead atoms. The van der Waals surface area contributed by atoms with Crippen molar-refractivity contribution >= 4 is 0 Å². The Morgan fingerprint density at radius 2 is 1.35 bits per heavy atom. The van der Waals surface area contributed by atoms with Crippen molar-refractivity contribution in [2.24, 2.45) is 0 Å². The molecule has 0 saturated carbocycles. The predicted octanol–water partition coefficient (Wildman–Crippen LogP) is 0.541. The van der Waals surface area contributed by atoms with Gasteiger partial charge in [-0.15, -0.1) is 0 Å². The highest BCUT2D eigenvalue weighted by atomic mass is 16.5. The fourth-order valence-electron chi connectivity index (χ4n) is 2.63. The lowest BCUT2D eigenvalue weighted by atomic mass is 10.2. The summed E-state index contributed by atoms with van der Waals surface area (Å²) in [4.78, 5) is 4.48. The van der Waals surface area contributed by atoms with Crippen LogP contribution in [0.15, 0.2) is 0 Å². The summed E-state index contributed by atoms with van der Waals surface area (Å²) in [6.45, 7) is 2.79. The third-order valence-electron chi connectivity index (χ3n) is 4.05. The Morgan fingerprint density at radius 1 is 0.800 bits per heavy atom. The van der Waals surface area contributed by atoms with E-state index in [0.29, 0.717) is 0 Å². The summed E-state index contributed by atoms with van der Waals surface area (Å²) >= 11 is 0. The van der Waals surface area contributed by atoms with Crippen molar-refractivity contribution < 1.29 is 14.2 Å². The lowest BCUT2D eigenvalue weighted by Gasteiger charge is -2.33. The van der Waals surface area contributed by atoms with Gasteiger partial charge in [0.2, 0.25) is 0 Å². The first-order valence-corrected chi connectivity index (χ1v) is 7.34. The summed E-state index contributed by atoms with van der Waals surface area (Å²) in [7, 11) is 9.48. The van der Waals surface area contributed by atoms with Crippen molar-refractivity contribution in [3.63, 3.8) is 0 Å². The molecule has 6 heteroatoms. The average molecular weight is 289 g/mol. The van der Waals surface area contributed by atoms with Crippen molar-refractivity contribution in [1.82, 2.24) is 15.1 Å². The largest absolute Gasteiger partial charge is 0.367 e. The SMILES string of the molecule is COC1CCN(C)C(OC)CCN(C)C(OC)CCN1. The summed E-state index contributed by atoms with van der Waals surface area (Å²) < 4.78 is 16.6. The standard InChI is InChI=1S/C14H31N3O3/c1-16-10-7-12(18-3)15-9-6-13(19-4)17(2)11-8-14(16)20-5/h12-15H,6-11H2,1-5H3. The monoisotopic (exact) mass is 289 g/mol. The maximum Gasteiger partial charge on any atom is 0.111 e. The van der Waals surface area contributed by atoms with Gasteiger partial charge in [-0.05, 0) is 33.4 Å². The Kier molecular flexibility index (Phi) is 8.60. The summed E-state index contributed by atoms with van der Waals surface area (Å²) in [6, 6.07) is 0. The van der Waals surface area contributed by atoms with Gasteiger partial charge in [0.05, 0.1) is 0 Å². The first-order chi connectivity index (χ1) is 9.62. The lowest BCUT2D eigenvalue weighted by Crippen LogP contribution is -2.45. The molecule has 0 radical (unpaired) electrons. The summed E-state index contributed by atoms with van der Waals surface area (Å²) in [5.41, 5.74) is 0. The fraction of sp³-hybridized carbons (Fsp3) is 1.00. The van der Waals surface area contributed by atoms with Gasteiger partial charge >= 0.3 is 0 Å². The molecule has 1 saturated heterocycles. The van der Waals surface area contributed by atoms with Crippen LogP contribution in [0.3, 0.4) is 0 Å². The van der Waals surface area contributed by atoms with E-state index in [4.69, 9.17) is 14.2 Å². The molecule has 1 aliphatic rings.